The molecule has 120 valence electrons. The van der Waals surface area contributed by atoms with Crippen LogP contribution in [0, 0.1) is 17.2 Å². The lowest BCUT2D eigenvalue weighted by molar-refractivity contribution is -0.135. The number of carbonyl (C=O) groups is 2. The first kappa shape index (κ1) is 15.1. The molecular formula is C15H21N3O4. The number of fused-ring (bicyclic) bond motifs is 1. The van der Waals surface area contributed by atoms with E-state index in [4.69, 9.17) is 5.26 Å². The molecule has 0 bridgehead atoms. The molecule has 3 fully saturated rings. The fourth-order valence-corrected chi connectivity index (χ4v) is 4.29. The molecule has 22 heavy (non-hydrogen) atoms. The normalized spacial score (nSPS) is 37.7. The number of aliphatic hydroxyl groups excluding tert-OH is 1. The van der Waals surface area contributed by atoms with Gasteiger partial charge in [0.15, 0.2) is 0 Å². The Morgan fingerprint density at radius 3 is 2.64 bits per heavy atom. The Hall–Kier alpha value is -1.81. The van der Waals surface area contributed by atoms with Gasteiger partial charge in [0.25, 0.3) is 0 Å². The van der Waals surface area contributed by atoms with Gasteiger partial charge in [0, 0.05) is 12.6 Å². The second kappa shape index (κ2) is 5.76. The van der Waals surface area contributed by atoms with E-state index in [1.54, 1.807) is 0 Å². The lowest BCUT2D eigenvalue weighted by Crippen LogP contribution is -2.51. The average Bonchev–Trinajstić information content (AvgIpc) is 3.09. The van der Waals surface area contributed by atoms with Gasteiger partial charge >= 0.3 is 6.09 Å². The number of nitriles is 1. The standard InChI is InChI=1S/C15H21N3O4/c16-8-10-2-1-5-17(10)14(20)13-6-9-3-4-11(19)7-12(9)18(13)15(21)22/h9-13,19H,1-7H2,(H,21,22)/t9?,10-,11?,12+,13?/m0/s1. The lowest BCUT2D eigenvalue weighted by Gasteiger charge is -2.34. The second-order valence-electron chi connectivity index (χ2n) is 6.55. The summed E-state index contributed by atoms with van der Waals surface area (Å²) in [5.41, 5.74) is 0. The fourth-order valence-electron chi connectivity index (χ4n) is 4.29. The minimum absolute atomic E-state index is 0.136. The summed E-state index contributed by atoms with van der Waals surface area (Å²) < 4.78 is 0. The van der Waals surface area contributed by atoms with Crippen molar-refractivity contribution in [3.63, 3.8) is 0 Å². The van der Waals surface area contributed by atoms with E-state index in [1.807, 2.05) is 0 Å². The average molecular weight is 307 g/mol. The van der Waals surface area contributed by atoms with Gasteiger partial charge in [-0.15, -0.1) is 0 Å². The third-order valence-corrected chi connectivity index (χ3v) is 5.34. The summed E-state index contributed by atoms with van der Waals surface area (Å²) in [6.45, 7) is 0.527. The number of hydrogen-bond acceptors (Lipinski definition) is 4. The van der Waals surface area contributed by atoms with Crippen LogP contribution in [0.2, 0.25) is 0 Å². The van der Waals surface area contributed by atoms with Gasteiger partial charge in [0.1, 0.15) is 12.1 Å². The monoisotopic (exact) mass is 307 g/mol. The molecule has 2 amide bonds. The van der Waals surface area contributed by atoms with E-state index >= 15 is 0 Å². The molecule has 0 radical (unpaired) electrons. The van der Waals surface area contributed by atoms with E-state index in [1.165, 1.54) is 9.80 Å². The quantitative estimate of drug-likeness (QED) is 0.745. The van der Waals surface area contributed by atoms with Crippen molar-refractivity contribution in [3.05, 3.63) is 0 Å². The van der Waals surface area contributed by atoms with Gasteiger partial charge in [-0.1, -0.05) is 0 Å². The van der Waals surface area contributed by atoms with Gasteiger partial charge < -0.3 is 15.1 Å². The van der Waals surface area contributed by atoms with Crippen molar-refractivity contribution < 1.29 is 19.8 Å². The zero-order valence-corrected chi connectivity index (χ0v) is 12.4. The Bertz CT molecular complexity index is 517. The number of carbonyl (C=O) groups excluding carboxylic acids is 1. The van der Waals surface area contributed by atoms with E-state index in [9.17, 15) is 19.8 Å². The van der Waals surface area contributed by atoms with Crippen molar-refractivity contribution in [1.29, 1.82) is 5.26 Å². The summed E-state index contributed by atoms with van der Waals surface area (Å²) in [6.07, 6.45) is 2.19. The van der Waals surface area contributed by atoms with Crippen molar-refractivity contribution in [2.75, 3.05) is 6.54 Å². The lowest BCUT2D eigenvalue weighted by atomic mass is 9.83. The van der Waals surface area contributed by atoms with Gasteiger partial charge in [0.2, 0.25) is 5.91 Å². The Balaban J connectivity index is 1.81. The van der Waals surface area contributed by atoms with Crippen molar-refractivity contribution in [3.8, 4) is 6.07 Å². The highest BCUT2D eigenvalue weighted by atomic mass is 16.4. The third kappa shape index (κ3) is 2.41. The molecule has 2 heterocycles. The molecule has 3 rings (SSSR count). The summed E-state index contributed by atoms with van der Waals surface area (Å²) in [5.74, 6) is -0.105. The first-order valence-electron chi connectivity index (χ1n) is 7.92. The molecule has 7 heteroatoms. The van der Waals surface area contributed by atoms with Crippen molar-refractivity contribution >= 4 is 12.0 Å². The summed E-state index contributed by atoms with van der Waals surface area (Å²) in [7, 11) is 0. The van der Waals surface area contributed by atoms with E-state index < -0.39 is 24.3 Å². The van der Waals surface area contributed by atoms with E-state index in [0.29, 0.717) is 32.2 Å². The van der Waals surface area contributed by atoms with Gasteiger partial charge in [0.05, 0.1) is 12.2 Å². The van der Waals surface area contributed by atoms with Gasteiger partial charge in [-0.05, 0) is 44.4 Å². The minimum Gasteiger partial charge on any atom is -0.465 e. The Morgan fingerprint density at radius 2 is 1.95 bits per heavy atom. The first-order chi connectivity index (χ1) is 10.5. The molecule has 2 aliphatic heterocycles. The van der Waals surface area contributed by atoms with Crippen LogP contribution in [0.25, 0.3) is 0 Å². The van der Waals surface area contributed by atoms with Crippen LogP contribution in [0.4, 0.5) is 4.79 Å². The maximum absolute atomic E-state index is 12.8. The van der Waals surface area contributed by atoms with Crippen LogP contribution >= 0.6 is 0 Å². The summed E-state index contributed by atoms with van der Waals surface area (Å²) >= 11 is 0. The molecule has 2 N–H and O–H groups in total. The minimum atomic E-state index is -1.10. The molecule has 5 atom stereocenters. The predicted octanol–water partition coefficient (Wildman–Crippen LogP) is 0.783. The molecule has 0 aromatic rings. The molecule has 3 aliphatic rings. The van der Waals surface area contributed by atoms with Gasteiger partial charge in [-0.25, -0.2) is 4.79 Å². The number of carboxylic acid groups (broad SMARTS) is 1. The van der Waals surface area contributed by atoms with Crippen LogP contribution in [-0.2, 0) is 4.79 Å². The SMILES string of the molecule is N#C[C@@H]1CCCN1C(=O)C1CC2CCC(O)C[C@H]2N1C(=O)O. The highest BCUT2D eigenvalue weighted by Crippen LogP contribution is 2.40. The van der Waals surface area contributed by atoms with Crippen LogP contribution < -0.4 is 0 Å². The maximum atomic E-state index is 12.8. The predicted molar refractivity (Wildman–Crippen MR) is 75.8 cm³/mol. The van der Waals surface area contributed by atoms with Crippen LogP contribution in [0.3, 0.4) is 0 Å². The van der Waals surface area contributed by atoms with E-state index in [2.05, 4.69) is 6.07 Å². The number of amides is 2. The molecular weight excluding hydrogens is 286 g/mol. The zero-order chi connectivity index (χ0) is 15.9. The highest BCUT2D eigenvalue weighted by molar-refractivity contribution is 5.87. The van der Waals surface area contributed by atoms with Crippen molar-refractivity contribution in [2.45, 2.75) is 62.8 Å². The molecule has 3 unspecified atom stereocenters. The summed E-state index contributed by atoms with van der Waals surface area (Å²) in [5, 5.41) is 28.5. The number of likely N-dealkylation sites (tertiary alicyclic amines) is 2. The number of aliphatic hydroxyl groups is 1. The Kier molecular flexibility index (Phi) is 3.96. The highest BCUT2D eigenvalue weighted by Gasteiger charge is 2.50. The number of nitrogens with zero attached hydrogens (tertiary/aromatic N) is 3. The topological polar surface area (TPSA) is 105 Å². The third-order valence-electron chi connectivity index (χ3n) is 5.34. The van der Waals surface area contributed by atoms with Crippen molar-refractivity contribution in [2.24, 2.45) is 5.92 Å². The molecule has 0 spiro atoms. The van der Waals surface area contributed by atoms with Crippen LogP contribution in [0.5, 0.6) is 0 Å². The largest absolute Gasteiger partial charge is 0.465 e. The maximum Gasteiger partial charge on any atom is 0.408 e. The zero-order valence-electron chi connectivity index (χ0n) is 12.4. The second-order valence-corrected chi connectivity index (χ2v) is 6.55. The fraction of sp³-hybridized carbons (Fsp3) is 0.800. The molecule has 1 aliphatic carbocycles. The molecule has 7 nitrogen and oxygen atoms in total. The van der Waals surface area contributed by atoms with Gasteiger partial charge in [-0.2, -0.15) is 5.26 Å². The molecule has 2 saturated heterocycles. The number of hydrogen-bond donors (Lipinski definition) is 2. The van der Waals surface area contributed by atoms with E-state index in [-0.39, 0.29) is 17.9 Å². The Morgan fingerprint density at radius 1 is 1.18 bits per heavy atom. The van der Waals surface area contributed by atoms with Crippen molar-refractivity contribution in [1.82, 2.24) is 9.80 Å². The summed E-state index contributed by atoms with van der Waals surface area (Å²) in [6, 6.07) is 0.716. The summed E-state index contributed by atoms with van der Waals surface area (Å²) in [4.78, 5) is 27.2. The molecule has 0 aromatic heterocycles. The smallest absolute Gasteiger partial charge is 0.408 e. The van der Waals surface area contributed by atoms with Crippen LogP contribution in [0.1, 0.15) is 38.5 Å². The number of rotatable bonds is 1. The van der Waals surface area contributed by atoms with Crippen LogP contribution in [-0.4, -0.2) is 62.8 Å². The van der Waals surface area contributed by atoms with E-state index in [0.717, 1.165) is 12.8 Å². The molecule has 1 saturated carbocycles. The first-order valence-corrected chi connectivity index (χ1v) is 7.92. The Labute approximate surface area is 129 Å². The van der Waals surface area contributed by atoms with Gasteiger partial charge in [-0.3, -0.25) is 9.69 Å². The van der Waals surface area contributed by atoms with Crippen LogP contribution in [0.15, 0.2) is 0 Å². The molecule has 0 aromatic carbocycles.